The van der Waals surface area contributed by atoms with Crippen LogP contribution in [0.15, 0.2) is 37.6 Å². The first kappa shape index (κ1) is 18.2. The highest BCUT2D eigenvalue weighted by atomic mass is 79.9. The quantitative estimate of drug-likeness (QED) is 0.515. The van der Waals surface area contributed by atoms with Crippen LogP contribution in [0.4, 0.5) is 0 Å². The standard InChI is InChI=1S/C16H16Br2N2O2S/c1-9-6-12(17)7-10(2)16(9)22-8-15(21)20-19-11(3)13-4-5-14(18)23-13/h4-7H,8H2,1-3H3,(H,20,21)/b19-11+. The van der Waals surface area contributed by atoms with E-state index >= 15 is 0 Å². The molecule has 0 saturated heterocycles. The second-order valence-electron chi connectivity index (χ2n) is 4.99. The number of halogens is 2. The maximum absolute atomic E-state index is 11.9. The summed E-state index contributed by atoms with van der Waals surface area (Å²) in [5, 5.41) is 4.10. The Balaban J connectivity index is 1.93. The summed E-state index contributed by atoms with van der Waals surface area (Å²) in [6.07, 6.45) is 0. The Morgan fingerprint density at radius 2 is 1.91 bits per heavy atom. The first-order chi connectivity index (χ1) is 10.9. The van der Waals surface area contributed by atoms with Gasteiger partial charge in [-0.1, -0.05) is 15.9 Å². The number of hydrogen-bond donors (Lipinski definition) is 1. The van der Waals surface area contributed by atoms with Crippen molar-refractivity contribution < 1.29 is 9.53 Å². The average molecular weight is 460 g/mol. The fourth-order valence-electron chi connectivity index (χ4n) is 2.01. The number of nitrogens with one attached hydrogen (secondary N) is 1. The van der Waals surface area contributed by atoms with E-state index in [4.69, 9.17) is 4.74 Å². The van der Waals surface area contributed by atoms with E-state index in [1.807, 2.05) is 45.0 Å². The summed E-state index contributed by atoms with van der Waals surface area (Å²) in [4.78, 5) is 12.9. The van der Waals surface area contributed by atoms with Crippen LogP contribution in [0.1, 0.15) is 22.9 Å². The van der Waals surface area contributed by atoms with Crippen molar-refractivity contribution in [3.8, 4) is 5.75 Å². The molecule has 0 saturated carbocycles. The normalized spacial score (nSPS) is 11.4. The Hall–Kier alpha value is -1.18. The molecule has 1 N–H and O–H groups in total. The third-order valence-corrected chi connectivity index (χ3v) is 5.24. The molecule has 0 bridgehead atoms. The van der Waals surface area contributed by atoms with E-state index < -0.39 is 0 Å². The number of nitrogens with zero attached hydrogens (tertiary/aromatic N) is 1. The Bertz CT molecular complexity index is 733. The molecule has 2 aromatic rings. The van der Waals surface area contributed by atoms with Crippen LogP contribution in [0.25, 0.3) is 0 Å². The molecule has 0 unspecified atom stereocenters. The van der Waals surface area contributed by atoms with E-state index in [-0.39, 0.29) is 12.5 Å². The van der Waals surface area contributed by atoms with E-state index in [9.17, 15) is 4.79 Å². The molecule has 0 fully saturated rings. The maximum atomic E-state index is 11.9. The molecule has 23 heavy (non-hydrogen) atoms. The van der Waals surface area contributed by atoms with Crippen LogP contribution in [-0.2, 0) is 4.79 Å². The van der Waals surface area contributed by atoms with Crippen molar-refractivity contribution in [1.82, 2.24) is 5.43 Å². The first-order valence-electron chi connectivity index (χ1n) is 6.85. The van der Waals surface area contributed by atoms with Gasteiger partial charge in [-0.3, -0.25) is 4.79 Å². The van der Waals surface area contributed by atoms with Gasteiger partial charge in [0.25, 0.3) is 5.91 Å². The predicted molar refractivity (Wildman–Crippen MR) is 101 cm³/mol. The number of hydrazone groups is 1. The lowest BCUT2D eigenvalue weighted by molar-refractivity contribution is -0.123. The van der Waals surface area contributed by atoms with Crippen LogP contribution in [0.2, 0.25) is 0 Å². The van der Waals surface area contributed by atoms with E-state index in [0.717, 1.165) is 35.7 Å². The maximum Gasteiger partial charge on any atom is 0.277 e. The number of carbonyl (C=O) groups excluding carboxylic acids is 1. The zero-order chi connectivity index (χ0) is 17.0. The van der Waals surface area contributed by atoms with Crippen LogP contribution in [0.5, 0.6) is 5.75 Å². The lowest BCUT2D eigenvalue weighted by Gasteiger charge is -2.12. The molecule has 4 nitrogen and oxygen atoms in total. The Labute approximate surface area is 156 Å². The van der Waals surface area contributed by atoms with Crippen LogP contribution in [0, 0.1) is 13.8 Å². The Morgan fingerprint density at radius 3 is 2.48 bits per heavy atom. The van der Waals surface area contributed by atoms with Gasteiger partial charge in [0.15, 0.2) is 6.61 Å². The lowest BCUT2D eigenvalue weighted by atomic mass is 10.1. The van der Waals surface area contributed by atoms with E-state index in [1.54, 1.807) is 11.3 Å². The molecule has 1 aromatic heterocycles. The van der Waals surface area contributed by atoms with Crippen molar-refractivity contribution in [2.75, 3.05) is 6.61 Å². The van der Waals surface area contributed by atoms with Gasteiger partial charge in [-0.2, -0.15) is 5.10 Å². The zero-order valence-electron chi connectivity index (χ0n) is 12.9. The summed E-state index contributed by atoms with van der Waals surface area (Å²) >= 11 is 8.40. The molecular weight excluding hydrogens is 444 g/mol. The topological polar surface area (TPSA) is 50.7 Å². The number of aryl methyl sites for hydroxylation is 2. The number of benzene rings is 1. The molecule has 0 atom stereocenters. The molecule has 0 aliphatic carbocycles. The number of amides is 1. The van der Waals surface area contributed by atoms with Crippen molar-refractivity contribution in [1.29, 1.82) is 0 Å². The van der Waals surface area contributed by atoms with Gasteiger partial charge in [0.05, 0.1) is 14.4 Å². The Morgan fingerprint density at radius 1 is 1.26 bits per heavy atom. The first-order valence-corrected chi connectivity index (χ1v) is 9.25. The molecule has 2 rings (SSSR count). The minimum atomic E-state index is -0.290. The smallest absolute Gasteiger partial charge is 0.277 e. The molecule has 1 heterocycles. The highest BCUT2D eigenvalue weighted by Gasteiger charge is 2.09. The largest absolute Gasteiger partial charge is 0.483 e. The summed E-state index contributed by atoms with van der Waals surface area (Å²) < 4.78 is 7.64. The van der Waals surface area contributed by atoms with Crippen LogP contribution < -0.4 is 10.2 Å². The van der Waals surface area contributed by atoms with Gasteiger partial charge in [0, 0.05) is 4.47 Å². The summed E-state index contributed by atoms with van der Waals surface area (Å²) in [6, 6.07) is 7.81. The fourth-order valence-corrected chi connectivity index (χ4v) is 4.02. The van der Waals surface area contributed by atoms with Crippen LogP contribution >= 0.6 is 43.2 Å². The highest BCUT2D eigenvalue weighted by Crippen LogP contribution is 2.27. The van der Waals surface area contributed by atoms with Gasteiger partial charge in [-0.05, 0) is 72.1 Å². The molecule has 1 aromatic carbocycles. The van der Waals surface area contributed by atoms with E-state index in [2.05, 4.69) is 42.4 Å². The van der Waals surface area contributed by atoms with Crippen molar-refractivity contribution in [2.45, 2.75) is 20.8 Å². The third kappa shape index (κ3) is 5.16. The number of carbonyl (C=O) groups is 1. The lowest BCUT2D eigenvalue weighted by Crippen LogP contribution is -2.25. The van der Waals surface area contributed by atoms with Gasteiger partial charge < -0.3 is 4.74 Å². The third-order valence-electron chi connectivity index (χ3n) is 3.05. The van der Waals surface area contributed by atoms with Gasteiger partial charge in [0.2, 0.25) is 0 Å². The van der Waals surface area contributed by atoms with Gasteiger partial charge in [-0.15, -0.1) is 11.3 Å². The van der Waals surface area contributed by atoms with Crippen LogP contribution in [-0.4, -0.2) is 18.2 Å². The van der Waals surface area contributed by atoms with E-state index in [0.29, 0.717) is 0 Å². The summed E-state index contributed by atoms with van der Waals surface area (Å²) in [5.41, 5.74) is 5.23. The number of thiophene rings is 1. The van der Waals surface area contributed by atoms with E-state index in [1.165, 1.54) is 0 Å². The molecule has 122 valence electrons. The number of hydrogen-bond acceptors (Lipinski definition) is 4. The zero-order valence-corrected chi connectivity index (χ0v) is 16.9. The molecule has 1 amide bonds. The molecule has 0 radical (unpaired) electrons. The SMILES string of the molecule is C/C(=N\NC(=O)COc1c(C)cc(Br)cc1C)c1ccc(Br)s1. The van der Waals surface area contributed by atoms with Gasteiger partial charge >= 0.3 is 0 Å². The second kappa shape index (κ2) is 8.08. The molecule has 0 aliphatic rings. The van der Waals surface area contributed by atoms with Crippen molar-refractivity contribution in [3.63, 3.8) is 0 Å². The van der Waals surface area contributed by atoms with Crippen molar-refractivity contribution in [3.05, 3.63) is 48.5 Å². The fraction of sp³-hybridized carbons (Fsp3) is 0.250. The monoisotopic (exact) mass is 458 g/mol. The average Bonchev–Trinajstić information content (AvgIpc) is 2.90. The summed E-state index contributed by atoms with van der Waals surface area (Å²) in [5.74, 6) is 0.438. The van der Waals surface area contributed by atoms with Gasteiger partial charge in [0.1, 0.15) is 5.75 Å². The van der Waals surface area contributed by atoms with Crippen LogP contribution in [0.3, 0.4) is 0 Å². The highest BCUT2D eigenvalue weighted by molar-refractivity contribution is 9.11. The van der Waals surface area contributed by atoms with Gasteiger partial charge in [-0.25, -0.2) is 5.43 Å². The second-order valence-corrected chi connectivity index (χ2v) is 8.37. The molecular formula is C16H16Br2N2O2S. The van der Waals surface area contributed by atoms with Crippen molar-refractivity contribution in [2.24, 2.45) is 5.10 Å². The minimum Gasteiger partial charge on any atom is -0.483 e. The number of rotatable bonds is 5. The molecule has 0 spiro atoms. The molecule has 7 heteroatoms. The predicted octanol–water partition coefficient (Wildman–Crippen LogP) is 4.81. The Kier molecular flexibility index (Phi) is 6.38. The summed E-state index contributed by atoms with van der Waals surface area (Å²) in [7, 11) is 0. The minimum absolute atomic E-state index is 0.0752. The molecule has 0 aliphatic heterocycles. The summed E-state index contributed by atoms with van der Waals surface area (Å²) in [6.45, 7) is 5.67. The number of ether oxygens (including phenoxy) is 1. The van der Waals surface area contributed by atoms with Crippen molar-refractivity contribution >= 4 is 54.8 Å².